The number of urea groups is 1. The lowest BCUT2D eigenvalue weighted by molar-refractivity contribution is -0.131. The summed E-state index contributed by atoms with van der Waals surface area (Å²) < 4.78 is 5.24. The number of nitrogens with zero attached hydrogens (tertiary/aromatic N) is 1. The van der Waals surface area contributed by atoms with Crippen LogP contribution in [-0.4, -0.2) is 29.5 Å². The highest BCUT2D eigenvalue weighted by Crippen LogP contribution is 2.27. The molecule has 0 radical (unpaired) electrons. The van der Waals surface area contributed by atoms with E-state index < -0.39 is 5.54 Å². The van der Waals surface area contributed by atoms with Crippen LogP contribution in [0.15, 0.2) is 18.2 Å². The first-order valence-corrected chi connectivity index (χ1v) is 6.47. The van der Waals surface area contributed by atoms with Gasteiger partial charge >= 0.3 is 6.03 Å². The number of anilines is 1. The third kappa shape index (κ3) is 2.29. The van der Waals surface area contributed by atoms with Gasteiger partial charge in [0.25, 0.3) is 5.91 Å². The van der Waals surface area contributed by atoms with Crippen LogP contribution in [0.25, 0.3) is 0 Å². The molecule has 1 aromatic carbocycles. The molecule has 1 unspecified atom stereocenters. The maximum atomic E-state index is 12.3. The molecule has 0 bridgehead atoms. The summed E-state index contributed by atoms with van der Waals surface area (Å²) in [6.45, 7) is 3.77. The molecule has 1 saturated heterocycles. The summed E-state index contributed by atoms with van der Waals surface area (Å²) in [6.07, 6.45) is 0.549. The van der Waals surface area contributed by atoms with E-state index in [2.05, 4.69) is 5.32 Å². The van der Waals surface area contributed by atoms with Crippen molar-refractivity contribution in [2.75, 3.05) is 12.8 Å². The second-order valence-corrected chi connectivity index (χ2v) is 5.08. The fourth-order valence-electron chi connectivity index (χ4n) is 2.19. The first-order valence-electron chi connectivity index (χ1n) is 6.47. The van der Waals surface area contributed by atoms with Crippen LogP contribution in [-0.2, 0) is 11.3 Å². The van der Waals surface area contributed by atoms with Crippen LogP contribution in [0.5, 0.6) is 5.75 Å². The summed E-state index contributed by atoms with van der Waals surface area (Å²) in [7, 11) is 1.53. The molecule has 1 heterocycles. The van der Waals surface area contributed by atoms with Crippen molar-refractivity contribution in [2.24, 2.45) is 0 Å². The van der Waals surface area contributed by atoms with Crippen molar-refractivity contribution in [3.63, 3.8) is 0 Å². The van der Waals surface area contributed by atoms with Crippen molar-refractivity contribution in [2.45, 2.75) is 32.4 Å². The molecule has 1 fully saturated rings. The first kappa shape index (κ1) is 14.2. The van der Waals surface area contributed by atoms with Crippen molar-refractivity contribution in [3.8, 4) is 5.75 Å². The molecule has 0 spiro atoms. The lowest BCUT2D eigenvalue weighted by atomic mass is 9.99. The molecule has 1 aliphatic heterocycles. The van der Waals surface area contributed by atoms with Gasteiger partial charge in [0.05, 0.1) is 13.7 Å². The minimum Gasteiger partial charge on any atom is -0.496 e. The third-order valence-electron chi connectivity index (χ3n) is 3.69. The Morgan fingerprint density at radius 3 is 2.65 bits per heavy atom. The van der Waals surface area contributed by atoms with E-state index in [-0.39, 0.29) is 18.5 Å². The SMILES string of the molecule is CCC1(C)NC(=O)N(Cc2ccc(N)cc2OC)C1=O. The molecule has 2 rings (SSSR count). The van der Waals surface area contributed by atoms with Crippen LogP contribution >= 0.6 is 0 Å². The Hall–Kier alpha value is -2.24. The number of ether oxygens (including phenoxy) is 1. The van der Waals surface area contributed by atoms with Gasteiger partial charge in [-0.05, 0) is 19.4 Å². The van der Waals surface area contributed by atoms with E-state index in [1.54, 1.807) is 25.1 Å². The molecule has 0 saturated carbocycles. The number of nitrogen functional groups attached to an aromatic ring is 1. The van der Waals surface area contributed by atoms with E-state index in [0.717, 1.165) is 5.56 Å². The zero-order valence-corrected chi connectivity index (χ0v) is 11.9. The number of nitrogens with two attached hydrogens (primary N) is 1. The van der Waals surface area contributed by atoms with Crippen molar-refractivity contribution in [1.82, 2.24) is 10.2 Å². The van der Waals surface area contributed by atoms with Crippen molar-refractivity contribution >= 4 is 17.6 Å². The normalized spacial score (nSPS) is 22.1. The summed E-state index contributed by atoms with van der Waals surface area (Å²) >= 11 is 0. The monoisotopic (exact) mass is 277 g/mol. The maximum absolute atomic E-state index is 12.3. The van der Waals surface area contributed by atoms with Gasteiger partial charge in [0.2, 0.25) is 0 Å². The molecule has 3 amide bonds. The van der Waals surface area contributed by atoms with E-state index in [0.29, 0.717) is 17.9 Å². The number of rotatable bonds is 4. The highest BCUT2D eigenvalue weighted by molar-refractivity contribution is 6.06. The zero-order chi connectivity index (χ0) is 14.9. The average Bonchev–Trinajstić information content (AvgIpc) is 2.64. The number of amides is 3. The Bertz CT molecular complexity index is 559. The number of carbonyl (C=O) groups excluding carboxylic acids is 2. The van der Waals surface area contributed by atoms with E-state index in [4.69, 9.17) is 10.5 Å². The molecule has 3 N–H and O–H groups in total. The average molecular weight is 277 g/mol. The Morgan fingerprint density at radius 2 is 2.10 bits per heavy atom. The second-order valence-electron chi connectivity index (χ2n) is 5.08. The number of nitrogens with one attached hydrogen (secondary N) is 1. The second kappa shape index (κ2) is 5.03. The van der Waals surface area contributed by atoms with Gasteiger partial charge in [0.1, 0.15) is 11.3 Å². The minimum absolute atomic E-state index is 0.170. The number of imide groups is 1. The van der Waals surface area contributed by atoms with Gasteiger partial charge in [-0.2, -0.15) is 0 Å². The largest absolute Gasteiger partial charge is 0.496 e. The van der Waals surface area contributed by atoms with Gasteiger partial charge in [0.15, 0.2) is 0 Å². The lowest BCUT2D eigenvalue weighted by Crippen LogP contribution is -2.43. The fourth-order valence-corrected chi connectivity index (χ4v) is 2.19. The number of hydrogen-bond donors (Lipinski definition) is 2. The van der Waals surface area contributed by atoms with Crippen LogP contribution in [0.1, 0.15) is 25.8 Å². The Balaban J connectivity index is 2.27. The summed E-state index contributed by atoms with van der Waals surface area (Å²) in [6, 6.07) is 4.77. The van der Waals surface area contributed by atoms with Crippen molar-refractivity contribution < 1.29 is 14.3 Å². The van der Waals surface area contributed by atoms with Crippen LogP contribution in [0, 0.1) is 0 Å². The molecule has 1 aliphatic rings. The third-order valence-corrected chi connectivity index (χ3v) is 3.69. The molecule has 6 heteroatoms. The topological polar surface area (TPSA) is 84.7 Å². The quantitative estimate of drug-likeness (QED) is 0.645. The van der Waals surface area contributed by atoms with Crippen LogP contribution in [0.4, 0.5) is 10.5 Å². The Labute approximate surface area is 117 Å². The summed E-state index contributed by atoms with van der Waals surface area (Å²) in [5, 5.41) is 2.72. The van der Waals surface area contributed by atoms with Gasteiger partial charge in [0, 0.05) is 17.3 Å². The summed E-state index contributed by atoms with van der Waals surface area (Å²) in [4.78, 5) is 25.5. The van der Waals surface area contributed by atoms with Gasteiger partial charge < -0.3 is 15.8 Å². The maximum Gasteiger partial charge on any atom is 0.325 e. The summed E-state index contributed by atoms with van der Waals surface area (Å²) in [5.41, 5.74) is 6.18. The molecule has 0 aliphatic carbocycles. The molecular weight excluding hydrogens is 258 g/mol. The van der Waals surface area contributed by atoms with E-state index in [9.17, 15) is 9.59 Å². The molecular formula is C14H19N3O3. The number of benzene rings is 1. The van der Waals surface area contributed by atoms with Crippen molar-refractivity contribution in [1.29, 1.82) is 0 Å². The molecule has 108 valence electrons. The summed E-state index contributed by atoms with van der Waals surface area (Å²) in [5.74, 6) is 0.347. The zero-order valence-electron chi connectivity index (χ0n) is 11.9. The molecule has 1 aromatic rings. The van der Waals surface area contributed by atoms with Gasteiger partial charge in [-0.3, -0.25) is 9.69 Å². The van der Waals surface area contributed by atoms with Crippen molar-refractivity contribution in [3.05, 3.63) is 23.8 Å². The molecule has 1 atom stereocenters. The first-order chi connectivity index (χ1) is 9.41. The highest BCUT2D eigenvalue weighted by Gasteiger charge is 2.46. The lowest BCUT2D eigenvalue weighted by Gasteiger charge is -2.20. The number of methoxy groups -OCH3 is 1. The van der Waals surface area contributed by atoms with Crippen LogP contribution in [0.2, 0.25) is 0 Å². The molecule has 20 heavy (non-hydrogen) atoms. The minimum atomic E-state index is -0.821. The van der Waals surface area contributed by atoms with Crippen LogP contribution in [0.3, 0.4) is 0 Å². The predicted molar refractivity (Wildman–Crippen MR) is 75.2 cm³/mol. The predicted octanol–water partition coefficient (Wildman–Crippen LogP) is 1.50. The number of hydrogen-bond acceptors (Lipinski definition) is 4. The van der Waals surface area contributed by atoms with E-state index in [1.165, 1.54) is 12.0 Å². The van der Waals surface area contributed by atoms with Gasteiger partial charge in [-0.1, -0.05) is 13.0 Å². The molecule has 6 nitrogen and oxygen atoms in total. The highest BCUT2D eigenvalue weighted by atomic mass is 16.5. The smallest absolute Gasteiger partial charge is 0.325 e. The molecule has 0 aromatic heterocycles. The Morgan fingerprint density at radius 1 is 1.40 bits per heavy atom. The Kier molecular flexibility index (Phi) is 3.57. The van der Waals surface area contributed by atoms with E-state index >= 15 is 0 Å². The van der Waals surface area contributed by atoms with Crippen LogP contribution < -0.4 is 15.8 Å². The van der Waals surface area contributed by atoms with Gasteiger partial charge in [-0.15, -0.1) is 0 Å². The van der Waals surface area contributed by atoms with E-state index in [1.807, 2.05) is 6.92 Å². The van der Waals surface area contributed by atoms with Gasteiger partial charge in [-0.25, -0.2) is 4.79 Å². The fraction of sp³-hybridized carbons (Fsp3) is 0.429. The number of carbonyl (C=O) groups is 2. The standard InChI is InChI=1S/C14H19N3O3/c1-4-14(2)12(18)17(13(19)16-14)8-9-5-6-10(15)7-11(9)20-3/h5-7H,4,8,15H2,1-3H3,(H,16,19).